The number of hydrogen-bond acceptors (Lipinski definition) is 4. The molecular formula is C21H26FN3OS. The van der Waals surface area contributed by atoms with E-state index in [2.05, 4.69) is 9.88 Å². The van der Waals surface area contributed by atoms with Gasteiger partial charge >= 0.3 is 0 Å². The molecule has 6 heteroatoms. The molecule has 0 aliphatic carbocycles. The smallest absolute Gasteiger partial charge is 0.265 e. The minimum absolute atomic E-state index is 0.144. The lowest BCUT2D eigenvalue weighted by Crippen LogP contribution is -2.45. The molecule has 0 radical (unpaired) electrons. The molecule has 0 bridgehead atoms. The van der Waals surface area contributed by atoms with E-state index in [-0.39, 0.29) is 17.1 Å². The van der Waals surface area contributed by atoms with Crippen LogP contribution in [0, 0.1) is 25.1 Å². The molecule has 0 saturated carbocycles. The number of aryl methyl sites for hydroxylation is 2. The van der Waals surface area contributed by atoms with E-state index in [0.717, 1.165) is 66.7 Å². The van der Waals surface area contributed by atoms with Crippen LogP contribution < -0.4 is 0 Å². The monoisotopic (exact) mass is 387 g/mol. The molecule has 0 unspecified atom stereocenters. The molecule has 1 atom stereocenters. The Morgan fingerprint density at radius 1 is 1.19 bits per heavy atom. The van der Waals surface area contributed by atoms with Crippen molar-refractivity contribution in [2.45, 2.75) is 39.7 Å². The number of rotatable bonds is 3. The highest BCUT2D eigenvalue weighted by Gasteiger charge is 2.43. The molecule has 0 N–H and O–H groups in total. The Morgan fingerprint density at radius 2 is 1.96 bits per heavy atom. The summed E-state index contributed by atoms with van der Waals surface area (Å²) < 4.78 is 13.1. The summed E-state index contributed by atoms with van der Waals surface area (Å²) in [7, 11) is 0. The van der Waals surface area contributed by atoms with Gasteiger partial charge in [-0.2, -0.15) is 0 Å². The van der Waals surface area contributed by atoms with E-state index in [1.807, 2.05) is 30.9 Å². The summed E-state index contributed by atoms with van der Waals surface area (Å²) in [6.07, 6.45) is 3.40. The Balaban J connectivity index is 1.42. The zero-order valence-corrected chi connectivity index (χ0v) is 16.8. The Kier molecular flexibility index (Phi) is 5.03. The van der Waals surface area contributed by atoms with Crippen molar-refractivity contribution in [1.82, 2.24) is 14.8 Å². The lowest BCUT2D eigenvalue weighted by atomic mass is 9.79. The highest BCUT2D eigenvalue weighted by Crippen LogP contribution is 2.40. The number of carbonyl (C=O) groups excluding carboxylic acids is 1. The minimum Gasteiger partial charge on any atom is -0.337 e. The van der Waals surface area contributed by atoms with Gasteiger partial charge in [-0.25, -0.2) is 9.37 Å². The highest BCUT2D eigenvalue weighted by molar-refractivity contribution is 7.13. The highest BCUT2D eigenvalue weighted by atomic mass is 32.1. The van der Waals surface area contributed by atoms with Crippen molar-refractivity contribution < 1.29 is 9.18 Å². The molecule has 144 valence electrons. The van der Waals surface area contributed by atoms with Gasteiger partial charge in [-0.3, -0.25) is 9.69 Å². The summed E-state index contributed by atoms with van der Waals surface area (Å²) in [5.74, 6) is -0.0435. The van der Waals surface area contributed by atoms with E-state index < -0.39 is 0 Å². The Labute approximate surface area is 164 Å². The van der Waals surface area contributed by atoms with Gasteiger partial charge in [0.25, 0.3) is 5.91 Å². The molecule has 27 heavy (non-hydrogen) atoms. The van der Waals surface area contributed by atoms with Crippen molar-refractivity contribution in [2.24, 2.45) is 5.41 Å². The van der Waals surface area contributed by atoms with Gasteiger partial charge in [-0.15, -0.1) is 11.3 Å². The van der Waals surface area contributed by atoms with Crippen molar-refractivity contribution in [3.63, 3.8) is 0 Å². The van der Waals surface area contributed by atoms with E-state index in [1.165, 1.54) is 29.9 Å². The van der Waals surface area contributed by atoms with Gasteiger partial charge in [0.1, 0.15) is 10.7 Å². The summed E-state index contributed by atoms with van der Waals surface area (Å²) in [6.45, 7) is 8.47. The Bertz CT molecular complexity index is 834. The molecule has 2 fully saturated rings. The van der Waals surface area contributed by atoms with Crippen molar-refractivity contribution >= 4 is 17.2 Å². The van der Waals surface area contributed by atoms with Crippen LogP contribution in [0.4, 0.5) is 4.39 Å². The maximum atomic E-state index is 13.1. The summed E-state index contributed by atoms with van der Waals surface area (Å²) in [4.78, 5) is 22.7. The van der Waals surface area contributed by atoms with E-state index in [0.29, 0.717) is 0 Å². The third-order valence-electron chi connectivity index (χ3n) is 5.88. The van der Waals surface area contributed by atoms with Gasteiger partial charge in [-0.05, 0) is 57.4 Å². The molecule has 4 nitrogen and oxygen atoms in total. The Morgan fingerprint density at radius 3 is 2.67 bits per heavy atom. The van der Waals surface area contributed by atoms with Gasteiger partial charge in [-0.1, -0.05) is 12.1 Å². The van der Waals surface area contributed by atoms with Crippen molar-refractivity contribution in [3.8, 4) is 0 Å². The van der Waals surface area contributed by atoms with Gasteiger partial charge < -0.3 is 4.90 Å². The number of thiazole rings is 1. The second-order valence-corrected chi connectivity index (χ2v) is 9.27. The van der Waals surface area contributed by atoms with Gasteiger partial charge in [0, 0.05) is 31.6 Å². The van der Waals surface area contributed by atoms with Crippen molar-refractivity contribution in [3.05, 3.63) is 51.2 Å². The Hall–Kier alpha value is -1.79. The average Bonchev–Trinajstić information content (AvgIpc) is 3.19. The van der Waals surface area contributed by atoms with Crippen LogP contribution in [-0.4, -0.2) is 46.9 Å². The quantitative estimate of drug-likeness (QED) is 0.798. The number of benzene rings is 1. The molecule has 2 aliphatic heterocycles. The minimum atomic E-state index is -0.188. The molecule has 1 aromatic heterocycles. The third kappa shape index (κ3) is 3.92. The molecular weight excluding hydrogens is 361 g/mol. The second-order valence-electron chi connectivity index (χ2n) is 8.06. The summed E-state index contributed by atoms with van der Waals surface area (Å²) in [5, 5.41) is 0.952. The summed E-state index contributed by atoms with van der Waals surface area (Å²) >= 11 is 1.50. The first-order valence-corrected chi connectivity index (χ1v) is 10.5. The van der Waals surface area contributed by atoms with Crippen LogP contribution in [0.15, 0.2) is 24.3 Å². The number of aromatic nitrogens is 1. The maximum Gasteiger partial charge on any atom is 0.265 e. The number of piperidine rings is 1. The van der Waals surface area contributed by atoms with Crippen LogP contribution in [0.3, 0.4) is 0 Å². The van der Waals surface area contributed by atoms with Crippen LogP contribution in [0.1, 0.15) is 45.2 Å². The number of nitrogens with zero attached hydrogens (tertiary/aromatic N) is 3. The second kappa shape index (κ2) is 7.32. The number of likely N-dealkylation sites (tertiary alicyclic amines) is 2. The van der Waals surface area contributed by atoms with Gasteiger partial charge in [0.05, 0.1) is 10.7 Å². The zero-order chi connectivity index (χ0) is 19.0. The molecule has 2 aliphatic rings. The van der Waals surface area contributed by atoms with Crippen LogP contribution in [0.2, 0.25) is 0 Å². The van der Waals surface area contributed by atoms with Gasteiger partial charge in [0.15, 0.2) is 0 Å². The SMILES string of the molecule is Cc1nc(C)c(C(=O)N2CC[C@@]3(CCCN(Cc4ccc(F)cc4)C3)C2)s1. The maximum absolute atomic E-state index is 13.1. The predicted molar refractivity (Wildman–Crippen MR) is 105 cm³/mol. The van der Waals surface area contributed by atoms with E-state index in [4.69, 9.17) is 0 Å². The first-order valence-electron chi connectivity index (χ1n) is 9.64. The predicted octanol–water partition coefficient (Wildman–Crippen LogP) is 4.03. The fraction of sp³-hybridized carbons (Fsp3) is 0.524. The first kappa shape index (κ1) is 18.6. The van der Waals surface area contributed by atoms with Crippen LogP contribution in [0.5, 0.6) is 0 Å². The van der Waals surface area contributed by atoms with Crippen LogP contribution >= 0.6 is 11.3 Å². The topological polar surface area (TPSA) is 36.4 Å². The summed E-state index contributed by atoms with van der Waals surface area (Å²) in [6, 6.07) is 6.81. The number of halogens is 1. The van der Waals surface area contributed by atoms with E-state index >= 15 is 0 Å². The lowest BCUT2D eigenvalue weighted by molar-refractivity contribution is 0.0678. The fourth-order valence-electron chi connectivity index (χ4n) is 4.61. The van der Waals surface area contributed by atoms with E-state index in [9.17, 15) is 9.18 Å². The standard InChI is InChI=1S/C21H26FN3OS/c1-15-19(27-16(2)23-15)20(26)25-11-9-21(14-25)8-3-10-24(13-21)12-17-4-6-18(22)7-5-17/h4-7H,3,8-14H2,1-2H3/t21-/m1/s1. The van der Waals surface area contributed by atoms with Crippen molar-refractivity contribution in [2.75, 3.05) is 26.2 Å². The van der Waals surface area contributed by atoms with Crippen molar-refractivity contribution in [1.29, 1.82) is 0 Å². The normalized spacial score (nSPS) is 23.3. The average molecular weight is 388 g/mol. The van der Waals surface area contributed by atoms with Gasteiger partial charge in [0.2, 0.25) is 0 Å². The molecule has 2 saturated heterocycles. The lowest BCUT2D eigenvalue weighted by Gasteiger charge is -2.40. The zero-order valence-electron chi connectivity index (χ0n) is 16.0. The van der Waals surface area contributed by atoms with E-state index in [1.54, 1.807) is 0 Å². The number of amides is 1. The third-order valence-corrected chi connectivity index (χ3v) is 6.94. The number of hydrogen-bond donors (Lipinski definition) is 0. The molecule has 4 rings (SSSR count). The number of carbonyl (C=O) groups is 1. The molecule has 1 aromatic carbocycles. The molecule has 3 heterocycles. The molecule has 1 spiro atoms. The molecule has 2 aromatic rings. The molecule has 1 amide bonds. The fourth-order valence-corrected chi connectivity index (χ4v) is 5.50. The largest absolute Gasteiger partial charge is 0.337 e. The van der Waals surface area contributed by atoms with Crippen LogP contribution in [0.25, 0.3) is 0 Å². The van der Waals surface area contributed by atoms with Crippen LogP contribution in [-0.2, 0) is 6.54 Å². The first-order chi connectivity index (χ1) is 12.9. The summed E-state index contributed by atoms with van der Waals surface area (Å²) in [5.41, 5.74) is 2.20.